The van der Waals surface area contributed by atoms with E-state index in [4.69, 9.17) is 28.2 Å². The second-order valence-corrected chi connectivity index (χ2v) is 10.3. The van der Waals surface area contributed by atoms with Gasteiger partial charge in [-0.1, -0.05) is 41.4 Å². The maximum Gasteiger partial charge on any atom is 0.234 e. The fraction of sp³-hybridized carbons (Fsp3) is 0.333. The van der Waals surface area contributed by atoms with Crippen LogP contribution in [0.1, 0.15) is 0 Å². The number of nitrogens with one attached hydrogen (secondary N) is 2. The number of para-hydroxylation sites is 1. The van der Waals surface area contributed by atoms with Crippen LogP contribution in [0.2, 0.25) is 10.0 Å². The molecule has 32 heavy (non-hydrogen) atoms. The Balaban J connectivity index is 1.56. The zero-order valence-corrected chi connectivity index (χ0v) is 19.9. The van der Waals surface area contributed by atoms with E-state index in [1.165, 1.54) is 0 Å². The molecule has 0 aliphatic carbocycles. The Kier molecular flexibility index (Phi) is 6.90. The molecular formula is C21H24Cl2N6O2S. The first-order valence-electron chi connectivity index (χ1n) is 10.2. The summed E-state index contributed by atoms with van der Waals surface area (Å²) in [6.07, 6.45) is 0. The molecule has 0 saturated carbocycles. The highest BCUT2D eigenvalue weighted by Gasteiger charge is 2.20. The number of aromatic nitrogens is 2. The summed E-state index contributed by atoms with van der Waals surface area (Å²) in [7, 11) is -1.45. The topological polar surface area (TPSA) is 90.5 Å². The van der Waals surface area contributed by atoms with Crippen molar-refractivity contribution in [1.82, 2.24) is 14.9 Å². The van der Waals surface area contributed by atoms with Gasteiger partial charge in [0.2, 0.25) is 16.0 Å². The first-order valence-corrected chi connectivity index (χ1v) is 12.6. The predicted molar refractivity (Wildman–Crippen MR) is 132 cm³/mol. The van der Waals surface area contributed by atoms with Crippen LogP contribution in [0.25, 0.3) is 10.9 Å². The molecule has 0 unspecified atom stereocenters. The quantitative estimate of drug-likeness (QED) is 0.518. The number of nitrogens with zero attached hydrogens (tertiary/aromatic N) is 4. The second-order valence-electron chi connectivity index (χ2n) is 7.63. The van der Waals surface area contributed by atoms with Gasteiger partial charge in [0.15, 0.2) is 0 Å². The van der Waals surface area contributed by atoms with Crippen molar-refractivity contribution in [2.45, 2.75) is 0 Å². The molecule has 2 aromatic carbocycles. The van der Waals surface area contributed by atoms with Gasteiger partial charge in [0.1, 0.15) is 5.82 Å². The molecule has 170 valence electrons. The molecule has 1 saturated heterocycles. The van der Waals surface area contributed by atoms with Crippen molar-refractivity contribution >= 4 is 61.6 Å². The van der Waals surface area contributed by atoms with Crippen LogP contribution < -0.4 is 14.9 Å². The average molecular weight is 495 g/mol. The van der Waals surface area contributed by atoms with Gasteiger partial charge in [0, 0.05) is 43.8 Å². The van der Waals surface area contributed by atoms with Crippen LogP contribution in [0.5, 0.6) is 0 Å². The van der Waals surface area contributed by atoms with Gasteiger partial charge in [-0.2, -0.15) is 4.98 Å². The molecule has 0 amide bonds. The number of fused-ring (bicyclic) bond motifs is 1. The molecule has 2 N–H and O–H groups in total. The molecule has 0 spiro atoms. The molecule has 8 nitrogen and oxygen atoms in total. The SMILES string of the molecule is CN1CCN(c2nc(NCCS(=O)(=O)Nc3ccccc3)c3ccc(Cl)c(Cl)c3n2)CC1. The average Bonchev–Trinajstić information content (AvgIpc) is 2.77. The Morgan fingerprint density at radius 3 is 2.44 bits per heavy atom. The van der Waals surface area contributed by atoms with Crippen molar-refractivity contribution in [1.29, 1.82) is 0 Å². The van der Waals surface area contributed by atoms with Gasteiger partial charge in [-0.25, -0.2) is 13.4 Å². The van der Waals surface area contributed by atoms with E-state index in [0.29, 0.717) is 38.4 Å². The van der Waals surface area contributed by atoms with E-state index < -0.39 is 10.0 Å². The van der Waals surface area contributed by atoms with Crippen molar-refractivity contribution in [3.05, 3.63) is 52.5 Å². The fourth-order valence-electron chi connectivity index (χ4n) is 3.45. The summed E-state index contributed by atoms with van der Waals surface area (Å²) in [4.78, 5) is 13.7. The molecule has 1 fully saturated rings. The molecule has 0 bridgehead atoms. The second kappa shape index (κ2) is 9.66. The summed E-state index contributed by atoms with van der Waals surface area (Å²) < 4.78 is 27.5. The normalized spacial score (nSPS) is 15.2. The zero-order chi connectivity index (χ0) is 22.7. The Morgan fingerprint density at radius 2 is 1.72 bits per heavy atom. The first-order chi connectivity index (χ1) is 15.3. The van der Waals surface area contributed by atoms with E-state index in [9.17, 15) is 8.42 Å². The van der Waals surface area contributed by atoms with E-state index in [2.05, 4.69) is 31.9 Å². The Morgan fingerprint density at radius 1 is 1.00 bits per heavy atom. The Labute approximate surface area is 197 Å². The zero-order valence-electron chi connectivity index (χ0n) is 17.6. The van der Waals surface area contributed by atoms with Gasteiger partial charge in [-0.15, -0.1) is 0 Å². The molecule has 1 aliphatic heterocycles. The molecule has 1 aromatic heterocycles. The van der Waals surface area contributed by atoms with E-state index >= 15 is 0 Å². The predicted octanol–water partition coefficient (Wildman–Crippen LogP) is 3.54. The lowest BCUT2D eigenvalue weighted by molar-refractivity contribution is 0.311. The number of rotatable bonds is 7. The van der Waals surface area contributed by atoms with Crippen molar-refractivity contribution < 1.29 is 8.42 Å². The highest BCUT2D eigenvalue weighted by molar-refractivity contribution is 7.92. The summed E-state index contributed by atoms with van der Waals surface area (Å²) in [6.45, 7) is 3.54. The summed E-state index contributed by atoms with van der Waals surface area (Å²) in [5.41, 5.74) is 1.06. The third kappa shape index (κ3) is 5.35. The first kappa shape index (κ1) is 22.8. The minimum Gasteiger partial charge on any atom is -0.368 e. The minimum absolute atomic E-state index is 0.126. The van der Waals surface area contributed by atoms with E-state index in [1.807, 2.05) is 6.07 Å². The van der Waals surface area contributed by atoms with E-state index in [1.54, 1.807) is 36.4 Å². The number of anilines is 3. The van der Waals surface area contributed by atoms with Crippen molar-refractivity contribution in [2.24, 2.45) is 0 Å². The lowest BCUT2D eigenvalue weighted by Gasteiger charge is -2.32. The molecule has 0 radical (unpaired) electrons. The fourth-order valence-corrected chi connectivity index (χ4v) is 4.78. The highest BCUT2D eigenvalue weighted by Crippen LogP contribution is 2.34. The lowest BCUT2D eigenvalue weighted by Crippen LogP contribution is -2.45. The molecule has 4 rings (SSSR count). The summed E-state index contributed by atoms with van der Waals surface area (Å²) >= 11 is 12.7. The minimum atomic E-state index is -3.53. The van der Waals surface area contributed by atoms with Crippen molar-refractivity contribution in [3.8, 4) is 0 Å². The van der Waals surface area contributed by atoms with Crippen LogP contribution in [-0.2, 0) is 10.0 Å². The maximum atomic E-state index is 12.5. The highest BCUT2D eigenvalue weighted by atomic mass is 35.5. The number of hydrogen-bond acceptors (Lipinski definition) is 7. The lowest BCUT2D eigenvalue weighted by atomic mass is 10.2. The van der Waals surface area contributed by atoms with Gasteiger partial charge in [-0.05, 0) is 31.3 Å². The van der Waals surface area contributed by atoms with Gasteiger partial charge >= 0.3 is 0 Å². The number of benzene rings is 2. The largest absolute Gasteiger partial charge is 0.368 e. The number of piperazine rings is 1. The van der Waals surface area contributed by atoms with Crippen LogP contribution in [0.4, 0.5) is 17.5 Å². The van der Waals surface area contributed by atoms with Gasteiger partial charge in [-0.3, -0.25) is 4.72 Å². The molecule has 11 heteroatoms. The van der Waals surface area contributed by atoms with Gasteiger partial charge in [0.05, 0.1) is 21.3 Å². The van der Waals surface area contributed by atoms with Gasteiger partial charge in [0.25, 0.3) is 0 Å². The van der Waals surface area contributed by atoms with E-state index in [0.717, 1.165) is 26.2 Å². The van der Waals surface area contributed by atoms with Crippen LogP contribution in [0.3, 0.4) is 0 Å². The van der Waals surface area contributed by atoms with Gasteiger partial charge < -0.3 is 15.1 Å². The number of hydrogen-bond donors (Lipinski definition) is 2. The molecule has 0 atom stereocenters. The summed E-state index contributed by atoms with van der Waals surface area (Å²) in [5.74, 6) is 0.943. The third-order valence-corrected chi connectivity index (χ3v) is 7.33. The number of likely N-dealkylation sites (N-methyl/N-ethyl adjacent to an activating group) is 1. The molecule has 1 aliphatic rings. The molecule has 3 aromatic rings. The summed E-state index contributed by atoms with van der Waals surface area (Å²) in [5, 5.41) is 4.60. The molecular weight excluding hydrogens is 471 g/mol. The van der Waals surface area contributed by atoms with E-state index in [-0.39, 0.29) is 12.3 Å². The number of halogens is 2. The maximum absolute atomic E-state index is 12.5. The van der Waals surface area contributed by atoms with Crippen LogP contribution in [-0.4, -0.2) is 68.8 Å². The standard InChI is InChI=1S/C21H24Cl2N6O2S/c1-28-10-12-29(13-11-28)21-25-19-16(7-8-17(22)18(19)23)20(26-21)24-9-14-32(30,31)27-15-5-3-2-4-6-15/h2-8,27H,9-14H2,1H3,(H,24,25,26). The van der Waals surface area contributed by atoms with Crippen LogP contribution >= 0.6 is 23.2 Å². The Bertz CT molecular complexity index is 1200. The monoisotopic (exact) mass is 494 g/mol. The van der Waals surface area contributed by atoms with Crippen LogP contribution in [0, 0.1) is 0 Å². The Hall–Kier alpha value is -2.33. The third-order valence-electron chi connectivity index (χ3n) is 5.24. The van der Waals surface area contributed by atoms with Crippen molar-refractivity contribution in [2.75, 3.05) is 60.5 Å². The molecule has 2 heterocycles. The summed E-state index contributed by atoms with van der Waals surface area (Å²) in [6, 6.07) is 12.3. The van der Waals surface area contributed by atoms with Crippen LogP contribution in [0.15, 0.2) is 42.5 Å². The number of sulfonamides is 1. The van der Waals surface area contributed by atoms with Crippen molar-refractivity contribution in [3.63, 3.8) is 0 Å². The smallest absolute Gasteiger partial charge is 0.234 e.